The molecule has 8 nitrogen and oxygen atoms in total. The van der Waals surface area contributed by atoms with Crippen molar-refractivity contribution in [2.24, 2.45) is 5.92 Å². The quantitative estimate of drug-likeness (QED) is 0.448. The highest BCUT2D eigenvalue weighted by atomic mass is 35.5. The predicted octanol–water partition coefficient (Wildman–Crippen LogP) is 2.71. The summed E-state index contributed by atoms with van der Waals surface area (Å²) >= 11 is 5.90. The van der Waals surface area contributed by atoms with Gasteiger partial charge in [-0.05, 0) is 30.2 Å². The average Bonchev–Trinajstić information content (AvgIpc) is 2.98. The van der Waals surface area contributed by atoms with Gasteiger partial charge >= 0.3 is 5.97 Å². The van der Waals surface area contributed by atoms with Crippen LogP contribution in [0.5, 0.6) is 0 Å². The summed E-state index contributed by atoms with van der Waals surface area (Å²) < 4.78 is 6.65. The van der Waals surface area contributed by atoms with Gasteiger partial charge in [0.2, 0.25) is 0 Å². The largest absolute Gasteiger partial charge is 0.458 e. The number of pyridine rings is 1. The number of carbonyl (C=O) groups is 3. The maximum absolute atomic E-state index is 12.9. The van der Waals surface area contributed by atoms with Gasteiger partial charge in [-0.3, -0.25) is 23.7 Å². The fourth-order valence-corrected chi connectivity index (χ4v) is 3.73. The summed E-state index contributed by atoms with van der Waals surface area (Å²) in [5.74, 6) is -2.19. The molecule has 2 aromatic heterocycles. The molecule has 4 rings (SSSR count). The molecule has 1 atom stereocenters. The summed E-state index contributed by atoms with van der Waals surface area (Å²) in [6, 6.07) is 9.73. The monoisotopic (exact) mass is 439 g/mol. The van der Waals surface area contributed by atoms with Crippen molar-refractivity contribution in [2.45, 2.75) is 26.5 Å². The summed E-state index contributed by atoms with van der Waals surface area (Å²) in [6.45, 7) is 3.17. The number of ether oxygens (including phenoxy) is 1. The van der Waals surface area contributed by atoms with Gasteiger partial charge in [0.05, 0.1) is 21.8 Å². The van der Waals surface area contributed by atoms with Crippen LogP contribution in [0.25, 0.3) is 5.65 Å². The minimum absolute atomic E-state index is 0.241. The lowest BCUT2D eigenvalue weighted by atomic mass is 10.0. The van der Waals surface area contributed by atoms with Crippen molar-refractivity contribution in [3.8, 4) is 0 Å². The number of amides is 2. The van der Waals surface area contributed by atoms with Gasteiger partial charge in [0, 0.05) is 12.3 Å². The molecule has 2 amide bonds. The number of nitrogens with zero attached hydrogens (tertiary/aromatic N) is 3. The number of benzene rings is 1. The average molecular weight is 440 g/mol. The van der Waals surface area contributed by atoms with Crippen LogP contribution in [0.1, 0.15) is 40.3 Å². The van der Waals surface area contributed by atoms with E-state index in [0.29, 0.717) is 10.7 Å². The second-order valence-electron chi connectivity index (χ2n) is 7.48. The number of hydrogen-bond acceptors (Lipinski definition) is 6. The molecule has 3 heterocycles. The number of hydrogen-bond donors (Lipinski definition) is 0. The minimum Gasteiger partial charge on any atom is -0.458 e. The Morgan fingerprint density at radius 2 is 1.71 bits per heavy atom. The first-order chi connectivity index (χ1) is 14.8. The second kappa shape index (κ2) is 7.96. The normalized spacial score (nSPS) is 14.3. The van der Waals surface area contributed by atoms with E-state index >= 15 is 0 Å². The van der Waals surface area contributed by atoms with E-state index in [1.165, 1.54) is 16.7 Å². The number of aromatic nitrogens is 2. The van der Waals surface area contributed by atoms with Crippen LogP contribution >= 0.6 is 11.6 Å². The minimum atomic E-state index is -1.10. The van der Waals surface area contributed by atoms with Crippen LogP contribution in [0.2, 0.25) is 5.02 Å². The Balaban J connectivity index is 1.56. The second-order valence-corrected chi connectivity index (χ2v) is 7.92. The molecule has 1 aliphatic heterocycles. The zero-order valence-electron chi connectivity index (χ0n) is 16.7. The Labute approximate surface area is 182 Å². The Hall–Kier alpha value is -3.52. The summed E-state index contributed by atoms with van der Waals surface area (Å²) in [5.41, 5.74) is 0.733. The van der Waals surface area contributed by atoms with Crippen LogP contribution in [-0.4, -0.2) is 38.1 Å². The van der Waals surface area contributed by atoms with Crippen molar-refractivity contribution in [3.63, 3.8) is 0 Å². The number of carbonyl (C=O) groups excluding carboxylic acids is 3. The fraction of sp³-hybridized carbons (Fsp3) is 0.227. The van der Waals surface area contributed by atoms with Gasteiger partial charge in [-0.1, -0.05) is 37.6 Å². The molecule has 3 aromatic rings. The summed E-state index contributed by atoms with van der Waals surface area (Å²) in [4.78, 5) is 56.0. The summed E-state index contributed by atoms with van der Waals surface area (Å²) in [6.07, 6.45) is 1.44. The molecule has 1 unspecified atom stereocenters. The van der Waals surface area contributed by atoms with Crippen molar-refractivity contribution >= 4 is 35.0 Å². The van der Waals surface area contributed by atoms with Crippen molar-refractivity contribution in [1.82, 2.24) is 14.3 Å². The van der Waals surface area contributed by atoms with E-state index in [-0.39, 0.29) is 34.9 Å². The van der Waals surface area contributed by atoms with E-state index in [0.717, 1.165) is 4.90 Å². The Morgan fingerprint density at radius 3 is 2.32 bits per heavy atom. The van der Waals surface area contributed by atoms with Gasteiger partial charge in [0.25, 0.3) is 17.4 Å². The van der Waals surface area contributed by atoms with E-state index in [4.69, 9.17) is 16.3 Å². The molecule has 0 saturated carbocycles. The van der Waals surface area contributed by atoms with Crippen molar-refractivity contribution in [1.29, 1.82) is 0 Å². The first-order valence-electron chi connectivity index (χ1n) is 9.59. The lowest BCUT2D eigenvalue weighted by Crippen LogP contribution is -2.48. The molecule has 9 heteroatoms. The Kier molecular flexibility index (Phi) is 5.32. The molecule has 31 heavy (non-hydrogen) atoms. The molecule has 0 aliphatic carbocycles. The molecular weight excluding hydrogens is 422 g/mol. The van der Waals surface area contributed by atoms with E-state index in [1.54, 1.807) is 50.2 Å². The number of halogens is 1. The van der Waals surface area contributed by atoms with E-state index in [1.807, 2.05) is 0 Å². The van der Waals surface area contributed by atoms with Gasteiger partial charge in [-0.25, -0.2) is 9.78 Å². The van der Waals surface area contributed by atoms with E-state index < -0.39 is 23.8 Å². The zero-order chi connectivity index (χ0) is 22.3. The molecule has 1 aromatic carbocycles. The van der Waals surface area contributed by atoms with Gasteiger partial charge in [-0.15, -0.1) is 0 Å². The lowest BCUT2D eigenvalue weighted by Gasteiger charge is -2.27. The number of fused-ring (bicyclic) bond motifs is 2. The molecule has 0 N–H and O–H groups in total. The van der Waals surface area contributed by atoms with Crippen molar-refractivity contribution < 1.29 is 19.1 Å². The maximum atomic E-state index is 12.9. The van der Waals surface area contributed by atoms with E-state index in [2.05, 4.69) is 4.98 Å². The molecule has 0 saturated heterocycles. The van der Waals surface area contributed by atoms with Gasteiger partial charge in [0.1, 0.15) is 18.3 Å². The number of imide groups is 1. The molecule has 0 bridgehead atoms. The number of esters is 1. The van der Waals surface area contributed by atoms with Gasteiger partial charge in [0.15, 0.2) is 0 Å². The zero-order valence-corrected chi connectivity index (χ0v) is 17.5. The molecule has 0 radical (unpaired) electrons. The molecule has 158 valence electrons. The smallest absolute Gasteiger partial charge is 0.330 e. The third-order valence-corrected chi connectivity index (χ3v) is 5.24. The van der Waals surface area contributed by atoms with E-state index in [9.17, 15) is 19.2 Å². The topological polar surface area (TPSA) is 98.1 Å². The molecule has 0 spiro atoms. The fourth-order valence-electron chi connectivity index (χ4n) is 3.57. The van der Waals surface area contributed by atoms with Crippen LogP contribution < -0.4 is 5.56 Å². The highest BCUT2D eigenvalue weighted by Gasteiger charge is 2.44. The standard InChI is InChI=1S/C22H18ClN3O5/c1-12(2)19(26-20(28)15-5-3-4-6-16(15)21(26)29)22(30)31-11-14-9-18(27)25-10-13(23)7-8-17(25)24-14/h3-10,12,19H,11H2,1-2H3. The van der Waals surface area contributed by atoms with Crippen molar-refractivity contribution in [3.05, 3.63) is 80.9 Å². The van der Waals surface area contributed by atoms with Gasteiger partial charge in [-0.2, -0.15) is 0 Å². The van der Waals surface area contributed by atoms with Crippen LogP contribution in [0, 0.1) is 5.92 Å². The van der Waals surface area contributed by atoms with Crippen LogP contribution in [0.15, 0.2) is 53.5 Å². The lowest BCUT2D eigenvalue weighted by molar-refractivity contribution is -0.151. The van der Waals surface area contributed by atoms with Crippen LogP contribution in [0.3, 0.4) is 0 Å². The maximum Gasteiger partial charge on any atom is 0.330 e. The first kappa shape index (κ1) is 20.7. The summed E-state index contributed by atoms with van der Waals surface area (Å²) in [7, 11) is 0. The molecule has 0 fully saturated rings. The highest BCUT2D eigenvalue weighted by molar-refractivity contribution is 6.30. The highest BCUT2D eigenvalue weighted by Crippen LogP contribution is 2.27. The third kappa shape index (κ3) is 3.70. The SMILES string of the molecule is CC(C)C(C(=O)OCc1cc(=O)n2cc(Cl)ccc2n1)N1C(=O)c2ccccc2C1=O. The molecule has 1 aliphatic rings. The van der Waals surface area contributed by atoms with Crippen LogP contribution in [0.4, 0.5) is 0 Å². The molecular formula is C22H18ClN3O5. The van der Waals surface area contributed by atoms with Crippen LogP contribution in [-0.2, 0) is 16.1 Å². The predicted molar refractivity (Wildman–Crippen MR) is 112 cm³/mol. The van der Waals surface area contributed by atoms with Crippen molar-refractivity contribution in [2.75, 3.05) is 0 Å². The Morgan fingerprint density at radius 1 is 1.06 bits per heavy atom. The first-order valence-corrected chi connectivity index (χ1v) is 9.97. The third-order valence-electron chi connectivity index (χ3n) is 5.02. The number of rotatable bonds is 5. The van der Waals surface area contributed by atoms with Gasteiger partial charge < -0.3 is 4.74 Å². The summed E-state index contributed by atoms with van der Waals surface area (Å²) in [5, 5.41) is 0.385. The Bertz CT molecular complexity index is 1250.